The number of piperidine rings is 1. The summed E-state index contributed by atoms with van der Waals surface area (Å²) in [5.74, 6) is 0.871. The van der Waals surface area contributed by atoms with Crippen molar-refractivity contribution in [1.29, 1.82) is 0 Å². The lowest BCUT2D eigenvalue weighted by molar-refractivity contribution is 0.101. The second-order valence-corrected chi connectivity index (χ2v) is 5.93. The summed E-state index contributed by atoms with van der Waals surface area (Å²) in [5.41, 5.74) is 7.05. The molecular formula is C16H26N2O. The first-order valence-electron chi connectivity index (χ1n) is 7.32. The average Bonchev–Trinajstić information content (AvgIpc) is 2.41. The molecule has 3 nitrogen and oxygen atoms in total. The molecule has 0 atom stereocenters. The van der Waals surface area contributed by atoms with Crippen LogP contribution in [0.25, 0.3) is 0 Å². The summed E-state index contributed by atoms with van der Waals surface area (Å²) in [6, 6.07) is 7.65. The second-order valence-electron chi connectivity index (χ2n) is 5.93. The number of nitrogen functional groups attached to an aromatic ring is 1. The van der Waals surface area contributed by atoms with Gasteiger partial charge >= 0.3 is 0 Å². The number of benzene rings is 1. The van der Waals surface area contributed by atoms with Crippen LogP contribution in [0.1, 0.15) is 33.1 Å². The van der Waals surface area contributed by atoms with E-state index in [0.29, 0.717) is 5.41 Å². The number of anilines is 1. The number of hydrogen-bond acceptors (Lipinski definition) is 3. The third-order valence-electron chi connectivity index (χ3n) is 4.45. The van der Waals surface area contributed by atoms with Crippen molar-refractivity contribution < 1.29 is 4.74 Å². The van der Waals surface area contributed by atoms with Crippen LogP contribution in [0.2, 0.25) is 0 Å². The van der Waals surface area contributed by atoms with Gasteiger partial charge in [0.2, 0.25) is 0 Å². The summed E-state index contributed by atoms with van der Waals surface area (Å²) in [6.45, 7) is 8.86. The van der Waals surface area contributed by atoms with Crippen molar-refractivity contribution in [3.8, 4) is 5.75 Å². The number of rotatable bonds is 5. The van der Waals surface area contributed by atoms with Gasteiger partial charge in [-0.3, -0.25) is 4.90 Å². The average molecular weight is 262 g/mol. The van der Waals surface area contributed by atoms with Crippen LogP contribution in [0.15, 0.2) is 24.3 Å². The van der Waals surface area contributed by atoms with Crippen LogP contribution in [-0.2, 0) is 0 Å². The predicted octanol–water partition coefficient (Wildman–Crippen LogP) is 3.16. The van der Waals surface area contributed by atoms with Crippen LogP contribution in [0.3, 0.4) is 0 Å². The Labute approximate surface area is 116 Å². The van der Waals surface area contributed by atoms with Gasteiger partial charge in [0.1, 0.15) is 12.4 Å². The first-order chi connectivity index (χ1) is 9.11. The zero-order valence-electron chi connectivity index (χ0n) is 12.2. The Balaban J connectivity index is 1.70. The van der Waals surface area contributed by atoms with Gasteiger partial charge in [0.05, 0.1) is 0 Å². The fourth-order valence-electron chi connectivity index (χ4n) is 2.57. The maximum absolute atomic E-state index is 5.75. The highest BCUT2D eigenvalue weighted by Crippen LogP contribution is 2.33. The Kier molecular flexibility index (Phi) is 4.70. The van der Waals surface area contributed by atoms with Gasteiger partial charge in [-0.15, -0.1) is 0 Å². The van der Waals surface area contributed by atoms with Crippen LogP contribution in [0, 0.1) is 5.41 Å². The van der Waals surface area contributed by atoms with Gasteiger partial charge < -0.3 is 10.5 Å². The van der Waals surface area contributed by atoms with E-state index in [1.807, 2.05) is 24.3 Å². The zero-order chi connectivity index (χ0) is 13.7. The minimum absolute atomic E-state index is 0.561. The molecule has 0 amide bonds. The molecule has 2 rings (SSSR count). The van der Waals surface area contributed by atoms with Crippen molar-refractivity contribution in [2.24, 2.45) is 5.41 Å². The van der Waals surface area contributed by atoms with E-state index in [2.05, 4.69) is 18.7 Å². The molecule has 1 saturated heterocycles. The van der Waals surface area contributed by atoms with E-state index in [1.54, 1.807) is 0 Å². The highest BCUT2D eigenvalue weighted by atomic mass is 16.5. The molecule has 19 heavy (non-hydrogen) atoms. The monoisotopic (exact) mass is 262 g/mol. The predicted molar refractivity (Wildman–Crippen MR) is 80.4 cm³/mol. The van der Waals surface area contributed by atoms with Gasteiger partial charge in [-0.1, -0.05) is 26.3 Å². The molecule has 0 aromatic heterocycles. The first-order valence-corrected chi connectivity index (χ1v) is 7.32. The Morgan fingerprint density at radius 2 is 2.05 bits per heavy atom. The summed E-state index contributed by atoms with van der Waals surface area (Å²) in [6.07, 6.45) is 3.91. The zero-order valence-corrected chi connectivity index (χ0v) is 12.2. The normalized spacial score (nSPS) is 19.3. The van der Waals surface area contributed by atoms with Crippen LogP contribution in [0.5, 0.6) is 5.75 Å². The summed E-state index contributed by atoms with van der Waals surface area (Å²) in [5, 5.41) is 0. The summed E-state index contributed by atoms with van der Waals surface area (Å²) in [4.78, 5) is 2.50. The Morgan fingerprint density at radius 3 is 2.68 bits per heavy atom. The molecule has 2 N–H and O–H groups in total. The van der Waals surface area contributed by atoms with Crippen molar-refractivity contribution in [1.82, 2.24) is 4.90 Å². The fourth-order valence-corrected chi connectivity index (χ4v) is 2.57. The van der Waals surface area contributed by atoms with E-state index in [0.717, 1.165) is 24.6 Å². The highest BCUT2D eigenvalue weighted by Gasteiger charge is 2.27. The van der Waals surface area contributed by atoms with E-state index in [-0.39, 0.29) is 0 Å². The van der Waals surface area contributed by atoms with E-state index < -0.39 is 0 Å². The summed E-state index contributed by atoms with van der Waals surface area (Å²) < 4.78 is 5.75. The van der Waals surface area contributed by atoms with Gasteiger partial charge in [0, 0.05) is 18.3 Å². The number of ether oxygens (including phenoxy) is 1. The van der Waals surface area contributed by atoms with Crippen molar-refractivity contribution in [3.63, 3.8) is 0 Å². The van der Waals surface area contributed by atoms with Crippen LogP contribution in [-0.4, -0.2) is 31.1 Å². The molecule has 0 saturated carbocycles. The first kappa shape index (κ1) is 14.2. The highest BCUT2D eigenvalue weighted by molar-refractivity contribution is 5.43. The standard InChI is InChI=1S/C16H26N2O/c1-3-16(2)7-9-18(10-8-16)11-12-19-15-6-4-5-14(17)13-15/h4-6,13H,3,7-12,17H2,1-2H3. The maximum atomic E-state index is 5.75. The molecule has 1 aromatic rings. The topological polar surface area (TPSA) is 38.5 Å². The quantitative estimate of drug-likeness (QED) is 0.828. The molecule has 0 unspecified atom stereocenters. The molecule has 0 spiro atoms. The smallest absolute Gasteiger partial charge is 0.121 e. The molecule has 0 radical (unpaired) electrons. The lowest BCUT2D eigenvalue weighted by atomic mass is 9.78. The lowest BCUT2D eigenvalue weighted by Crippen LogP contribution is -2.40. The number of nitrogens with zero attached hydrogens (tertiary/aromatic N) is 1. The molecule has 1 heterocycles. The molecule has 1 fully saturated rings. The molecule has 106 valence electrons. The van der Waals surface area contributed by atoms with Crippen LogP contribution >= 0.6 is 0 Å². The third-order valence-corrected chi connectivity index (χ3v) is 4.45. The molecule has 1 aliphatic heterocycles. The largest absolute Gasteiger partial charge is 0.492 e. The van der Waals surface area contributed by atoms with Gasteiger partial charge in [-0.2, -0.15) is 0 Å². The summed E-state index contributed by atoms with van der Waals surface area (Å²) >= 11 is 0. The van der Waals surface area contributed by atoms with Gasteiger partial charge in [-0.25, -0.2) is 0 Å². The molecule has 3 heteroatoms. The number of hydrogen-bond donors (Lipinski definition) is 1. The number of likely N-dealkylation sites (tertiary alicyclic amines) is 1. The maximum Gasteiger partial charge on any atom is 0.121 e. The van der Waals surface area contributed by atoms with E-state index in [1.165, 1.54) is 32.4 Å². The lowest BCUT2D eigenvalue weighted by Gasteiger charge is -2.38. The van der Waals surface area contributed by atoms with Crippen molar-refractivity contribution in [2.75, 3.05) is 32.0 Å². The fraction of sp³-hybridized carbons (Fsp3) is 0.625. The van der Waals surface area contributed by atoms with Crippen molar-refractivity contribution >= 4 is 5.69 Å². The number of nitrogens with two attached hydrogens (primary N) is 1. The minimum atomic E-state index is 0.561. The molecule has 1 aromatic carbocycles. The summed E-state index contributed by atoms with van der Waals surface area (Å²) in [7, 11) is 0. The SMILES string of the molecule is CCC1(C)CCN(CCOc2cccc(N)c2)CC1. The van der Waals surface area contributed by atoms with Gasteiger partial charge in [0.15, 0.2) is 0 Å². The molecule has 0 aliphatic carbocycles. The van der Waals surface area contributed by atoms with Gasteiger partial charge in [-0.05, 0) is 43.5 Å². The van der Waals surface area contributed by atoms with Crippen LogP contribution in [0.4, 0.5) is 5.69 Å². The Morgan fingerprint density at radius 1 is 1.32 bits per heavy atom. The Bertz CT molecular complexity index is 397. The van der Waals surface area contributed by atoms with E-state index in [4.69, 9.17) is 10.5 Å². The van der Waals surface area contributed by atoms with Crippen LogP contribution < -0.4 is 10.5 Å². The molecular weight excluding hydrogens is 236 g/mol. The van der Waals surface area contributed by atoms with E-state index in [9.17, 15) is 0 Å². The Hall–Kier alpha value is -1.22. The van der Waals surface area contributed by atoms with Crippen molar-refractivity contribution in [3.05, 3.63) is 24.3 Å². The van der Waals surface area contributed by atoms with Gasteiger partial charge in [0.25, 0.3) is 0 Å². The molecule has 1 aliphatic rings. The third kappa shape index (κ3) is 4.13. The molecule has 0 bridgehead atoms. The van der Waals surface area contributed by atoms with E-state index >= 15 is 0 Å². The second kappa shape index (κ2) is 6.29. The van der Waals surface area contributed by atoms with Crippen molar-refractivity contribution in [2.45, 2.75) is 33.1 Å². The minimum Gasteiger partial charge on any atom is -0.492 e.